The fraction of sp³-hybridized carbons (Fsp3) is 0.455. The van der Waals surface area contributed by atoms with Gasteiger partial charge in [-0.15, -0.1) is 0 Å². The summed E-state index contributed by atoms with van der Waals surface area (Å²) in [5.41, 5.74) is 5.94. The Morgan fingerprint density at radius 2 is 1.94 bits per heavy atom. The van der Waals surface area contributed by atoms with Gasteiger partial charge in [0.2, 0.25) is 10.0 Å². The predicted molar refractivity (Wildman–Crippen MR) is 70.6 cm³/mol. The Balaban J connectivity index is 3.09. The predicted octanol–water partition coefficient (Wildman–Crippen LogP) is 2.39. The minimum absolute atomic E-state index is 0.0334. The van der Waals surface area contributed by atoms with Gasteiger partial charge in [-0.1, -0.05) is 25.4 Å². The highest BCUT2D eigenvalue weighted by Gasteiger charge is 2.21. The Morgan fingerprint density at radius 1 is 1.35 bits per heavy atom. The maximum absolute atomic E-state index is 12.1. The van der Waals surface area contributed by atoms with E-state index in [1.807, 2.05) is 13.8 Å². The van der Waals surface area contributed by atoms with Crippen LogP contribution in [0.2, 0.25) is 5.02 Å². The van der Waals surface area contributed by atoms with Gasteiger partial charge in [-0.25, -0.2) is 13.1 Å². The third-order valence-corrected chi connectivity index (χ3v) is 4.55. The van der Waals surface area contributed by atoms with Gasteiger partial charge in [0, 0.05) is 11.7 Å². The Hall–Kier alpha value is -0.780. The third-order valence-electron chi connectivity index (χ3n) is 2.55. The van der Waals surface area contributed by atoms with Crippen LogP contribution in [0, 0.1) is 0 Å². The summed E-state index contributed by atoms with van der Waals surface area (Å²) >= 11 is 5.88. The molecule has 0 atom stereocenters. The van der Waals surface area contributed by atoms with Gasteiger partial charge < -0.3 is 5.73 Å². The average molecular weight is 277 g/mol. The molecule has 96 valence electrons. The number of nitrogen functional groups attached to an aromatic ring is 1. The number of anilines is 1. The molecule has 1 aromatic carbocycles. The first-order chi connectivity index (χ1) is 7.90. The van der Waals surface area contributed by atoms with Crippen LogP contribution in [0.3, 0.4) is 0 Å². The van der Waals surface area contributed by atoms with Crippen molar-refractivity contribution >= 4 is 27.3 Å². The van der Waals surface area contributed by atoms with Gasteiger partial charge in [0.25, 0.3) is 0 Å². The van der Waals surface area contributed by atoms with E-state index in [1.165, 1.54) is 12.1 Å². The average Bonchev–Trinajstić information content (AvgIpc) is 2.29. The molecule has 1 aromatic rings. The quantitative estimate of drug-likeness (QED) is 0.811. The molecule has 1 rings (SSSR count). The van der Waals surface area contributed by atoms with Crippen molar-refractivity contribution in [2.24, 2.45) is 0 Å². The first-order valence-electron chi connectivity index (χ1n) is 5.48. The summed E-state index contributed by atoms with van der Waals surface area (Å²) < 4.78 is 26.8. The zero-order valence-electron chi connectivity index (χ0n) is 9.90. The number of hydrogen-bond donors (Lipinski definition) is 2. The lowest BCUT2D eigenvalue weighted by Gasteiger charge is -2.15. The molecule has 0 unspecified atom stereocenters. The van der Waals surface area contributed by atoms with E-state index in [4.69, 9.17) is 17.3 Å². The molecule has 0 radical (unpaired) electrons. The van der Waals surface area contributed by atoms with Crippen LogP contribution in [0.25, 0.3) is 0 Å². The summed E-state index contributed by atoms with van der Waals surface area (Å²) in [5.74, 6) is 0. The molecule has 0 bridgehead atoms. The molecule has 0 aromatic heterocycles. The maximum Gasteiger partial charge on any atom is 0.242 e. The molecule has 4 nitrogen and oxygen atoms in total. The van der Waals surface area contributed by atoms with E-state index in [0.29, 0.717) is 5.69 Å². The molecular formula is C11H17ClN2O2S. The zero-order chi connectivity index (χ0) is 13.1. The molecule has 0 aliphatic rings. The van der Waals surface area contributed by atoms with Crippen LogP contribution in [0.15, 0.2) is 23.1 Å². The molecule has 0 heterocycles. The van der Waals surface area contributed by atoms with Crippen molar-refractivity contribution in [2.75, 3.05) is 5.73 Å². The number of nitrogens with one attached hydrogen (secondary N) is 1. The number of halogens is 1. The number of hydrogen-bond acceptors (Lipinski definition) is 3. The standard InChI is InChI=1S/C11H17ClN2O2S/c1-3-9(4-2)14-17(15,16)11-7-8(13)5-6-10(11)12/h5-7,9,14H,3-4,13H2,1-2H3. The van der Waals surface area contributed by atoms with E-state index in [0.717, 1.165) is 12.8 Å². The summed E-state index contributed by atoms with van der Waals surface area (Å²) in [5, 5.41) is 0.178. The van der Waals surface area contributed by atoms with Crippen LogP contribution in [-0.4, -0.2) is 14.5 Å². The second-order valence-corrected chi connectivity index (χ2v) is 5.91. The summed E-state index contributed by atoms with van der Waals surface area (Å²) in [6.07, 6.45) is 1.46. The van der Waals surface area contributed by atoms with Crippen LogP contribution >= 0.6 is 11.6 Å². The van der Waals surface area contributed by atoms with Crippen molar-refractivity contribution in [2.45, 2.75) is 37.6 Å². The van der Waals surface area contributed by atoms with Crippen molar-refractivity contribution in [3.63, 3.8) is 0 Å². The molecule has 0 fully saturated rings. The van der Waals surface area contributed by atoms with Crippen LogP contribution in [0.5, 0.6) is 0 Å². The number of benzene rings is 1. The SMILES string of the molecule is CCC(CC)NS(=O)(=O)c1cc(N)ccc1Cl. The lowest BCUT2D eigenvalue weighted by molar-refractivity contribution is 0.530. The van der Waals surface area contributed by atoms with E-state index in [-0.39, 0.29) is 16.0 Å². The summed E-state index contributed by atoms with van der Waals surface area (Å²) in [4.78, 5) is 0.0334. The van der Waals surface area contributed by atoms with Crippen molar-refractivity contribution in [3.05, 3.63) is 23.2 Å². The first kappa shape index (κ1) is 14.3. The molecular weight excluding hydrogens is 260 g/mol. The molecule has 0 aliphatic heterocycles. The van der Waals surface area contributed by atoms with E-state index < -0.39 is 10.0 Å². The third kappa shape index (κ3) is 3.59. The lowest BCUT2D eigenvalue weighted by Crippen LogP contribution is -2.34. The minimum atomic E-state index is -3.60. The number of nitrogens with two attached hydrogens (primary N) is 1. The number of rotatable bonds is 5. The maximum atomic E-state index is 12.1. The lowest BCUT2D eigenvalue weighted by atomic mass is 10.2. The Labute approximate surface area is 107 Å². The zero-order valence-corrected chi connectivity index (χ0v) is 11.5. The molecule has 0 saturated heterocycles. The van der Waals surface area contributed by atoms with Gasteiger partial charge in [-0.2, -0.15) is 0 Å². The number of sulfonamides is 1. The fourth-order valence-electron chi connectivity index (χ4n) is 1.46. The van der Waals surface area contributed by atoms with Crippen LogP contribution < -0.4 is 10.5 Å². The first-order valence-corrected chi connectivity index (χ1v) is 7.34. The Morgan fingerprint density at radius 3 is 2.47 bits per heavy atom. The highest BCUT2D eigenvalue weighted by Crippen LogP contribution is 2.24. The van der Waals surface area contributed by atoms with E-state index >= 15 is 0 Å². The Kier molecular flexibility index (Phi) is 4.80. The molecule has 0 saturated carbocycles. The smallest absolute Gasteiger partial charge is 0.242 e. The molecule has 0 aliphatic carbocycles. The van der Waals surface area contributed by atoms with Gasteiger partial charge in [-0.3, -0.25) is 0 Å². The van der Waals surface area contributed by atoms with Gasteiger partial charge in [0.15, 0.2) is 0 Å². The van der Waals surface area contributed by atoms with Gasteiger partial charge in [-0.05, 0) is 31.0 Å². The van der Waals surface area contributed by atoms with Crippen molar-refractivity contribution in [3.8, 4) is 0 Å². The van der Waals surface area contributed by atoms with Gasteiger partial charge in [0.1, 0.15) is 4.90 Å². The molecule has 0 spiro atoms. The van der Waals surface area contributed by atoms with Crippen LogP contribution in [0.4, 0.5) is 5.69 Å². The van der Waals surface area contributed by atoms with Crippen LogP contribution in [-0.2, 0) is 10.0 Å². The highest BCUT2D eigenvalue weighted by molar-refractivity contribution is 7.89. The second-order valence-electron chi connectivity index (χ2n) is 3.82. The largest absolute Gasteiger partial charge is 0.399 e. The molecule has 3 N–H and O–H groups in total. The minimum Gasteiger partial charge on any atom is -0.399 e. The summed E-state index contributed by atoms with van der Waals surface area (Å²) in [6.45, 7) is 3.86. The van der Waals surface area contributed by atoms with Crippen molar-refractivity contribution < 1.29 is 8.42 Å². The fourth-order valence-corrected chi connectivity index (χ4v) is 3.40. The highest BCUT2D eigenvalue weighted by atomic mass is 35.5. The van der Waals surface area contributed by atoms with Gasteiger partial charge >= 0.3 is 0 Å². The van der Waals surface area contributed by atoms with E-state index in [9.17, 15) is 8.42 Å². The molecule has 6 heteroatoms. The van der Waals surface area contributed by atoms with Crippen molar-refractivity contribution in [1.82, 2.24) is 4.72 Å². The second kappa shape index (κ2) is 5.71. The summed E-state index contributed by atoms with van der Waals surface area (Å²) in [6, 6.07) is 4.33. The molecule has 17 heavy (non-hydrogen) atoms. The normalized spacial score (nSPS) is 12.0. The Bertz CT molecular complexity index is 484. The van der Waals surface area contributed by atoms with Crippen molar-refractivity contribution in [1.29, 1.82) is 0 Å². The van der Waals surface area contributed by atoms with Gasteiger partial charge in [0.05, 0.1) is 5.02 Å². The van der Waals surface area contributed by atoms with Crippen LogP contribution in [0.1, 0.15) is 26.7 Å². The molecule has 0 amide bonds. The topological polar surface area (TPSA) is 72.2 Å². The van der Waals surface area contributed by atoms with E-state index in [2.05, 4.69) is 4.72 Å². The summed E-state index contributed by atoms with van der Waals surface area (Å²) in [7, 11) is -3.60. The van der Waals surface area contributed by atoms with E-state index in [1.54, 1.807) is 6.07 Å². The monoisotopic (exact) mass is 276 g/mol.